The molecule has 3 aliphatic rings. The highest BCUT2D eigenvalue weighted by atomic mass is 16.5. The summed E-state index contributed by atoms with van der Waals surface area (Å²) in [5.74, 6) is 0.859. The zero-order valence-corrected chi connectivity index (χ0v) is 17.9. The van der Waals surface area contributed by atoms with Gasteiger partial charge in [0.2, 0.25) is 0 Å². The fraction of sp³-hybridized carbons (Fsp3) is 0.480. The molecule has 2 aromatic rings. The molecular weight excluding hydrogens is 390 g/mol. The van der Waals surface area contributed by atoms with Gasteiger partial charge in [-0.15, -0.1) is 0 Å². The third kappa shape index (κ3) is 4.61. The molecule has 2 N–H and O–H groups in total. The molecule has 0 aliphatic carbocycles. The number of benzene rings is 2. The van der Waals surface area contributed by atoms with Crippen molar-refractivity contribution in [2.75, 3.05) is 39.3 Å². The Hall–Kier alpha value is -2.41. The number of ether oxygens (including phenoxy) is 1. The third-order valence-electron chi connectivity index (χ3n) is 6.67. The van der Waals surface area contributed by atoms with Crippen molar-refractivity contribution in [1.29, 1.82) is 0 Å². The van der Waals surface area contributed by atoms with Gasteiger partial charge in [0.15, 0.2) is 0 Å². The number of amides is 1. The van der Waals surface area contributed by atoms with Crippen LogP contribution in [0.4, 0.5) is 0 Å². The molecule has 1 saturated heterocycles. The van der Waals surface area contributed by atoms with Crippen molar-refractivity contribution in [3.63, 3.8) is 0 Å². The predicted molar refractivity (Wildman–Crippen MR) is 119 cm³/mol. The number of carbonyl (C=O) groups excluding carboxylic acids is 1. The van der Waals surface area contributed by atoms with E-state index in [1.54, 1.807) is 4.90 Å². The van der Waals surface area contributed by atoms with E-state index in [0.717, 1.165) is 62.3 Å². The summed E-state index contributed by atoms with van der Waals surface area (Å²) in [6.45, 7) is 5.29. The van der Waals surface area contributed by atoms with Crippen molar-refractivity contribution in [3.8, 4) is 5.75 Å². The molecule has 0 radical (unpaired) electrons. The Balaban J connectivity index is 1.17. The Morgan fingerprint density at radius 1 is 1.06 bits per heavy atom. The van der Waals surface area contributed by atoms with Gasteiger partial charge < -0.3 is 20.1 Å². The summed E-state index contributed by atoms with van der Waals surface area (Å²) in [4.78, 5) is 17.1. The topological polar surface area (TPSA) is 65.0 Å². The lowest BCUT2D eigenvalue weighted by Crippen LogP contribution is -2.46. The quantitative estimate of drug-likeness (QED) is 0.745. The van der Waals surface area contributed by atoms with Crippen LogP contribution in [-0.2, 0) is 19.4 Å². The number of β-amino-alcohol motifs (C(OH)–C–C–N with tert-alkyl or cyclic N) is 1. The van der Waals surface area contributed by atoms with E-state index in [1.165, 1.54) is 11.1 Å². The standard InChI is InChI=1S/C25H31N3O3/c29-21(16-27-11-8-18-3-1-2-4-20(18)15-27)17-28-12-9-19-13-22(5-6-24(19)25(28)30)31-23-7-10-26-14-23/h1-6,13,21,23,26,29H,7-12,14-17H2/t21-,23?/m1/s1. The highest BCUT2D eigenvalue weighted by molar-refractivity contribution is 5.97. The first-order chi connectivity index (χ1) is 15.2. The van der Waals surface area contributed by atoms with E-state index in [0.29, 0.717) is 19.6 Å². The van der Waals surface area contributed by atoms with E-state index in [4.69, 9.17) is 4.74 Å². The molecule has 2 aromatic carbocycles. The van der Waals surface area contributed by atoms with Crippen LogP contribution in [0, 0.1) is 0 Å². The molecular formula is C25H31N3O3. The van der Waals surface area contributed by atoms with Crippen LogP contribution >= 0.6 is 0 Å². The van der Waals surface area contributed by atoms with Crippen LogP contribution in [0.15, 0.2) is 42.5 Å². The minimum absolute atomic E-state index is 0.0124. The molecule has 3 aliphatic heterocycles. The van der Waals surface area contributed by atoms with Crippen LogP contribution in [0.1, 0.15) is 33.5 Å². The molecule has 0 saturated carbocycles. The molecule has 1 fully saturated rings. The van der Waals surface area contributed by atoms with Gasteiger partial charge in [-0.05, 0) is 60.7 Å². The number of nitrogens with one attached hydrogen (secondary N) is 1. The molecule has 31 heavy (non-hydrogen) atoms. The number of carbonyl (C=O) groups is 1. The van der Waals surface area contributed by atoms with Gasteiger partial charge >= 0.3 is 0 Å². The van der Waals surface area contributed by atoms with E-state index in [9.17, 15) is 9.90 Å². The smallest absolute Gasteiger partial charge is 0.254 e. The summed E-state index contributed by atoms with van der Waals surface area (Å²) < 4.78 is 6.04. The Labute approximate surface area is 183 Å². The van der Waals surface area contributed by atoms with E-state index >= 15 is 0 Å². The minimum Gasteiger partial charge on any atom is -0.489 e. The van der Waals surface area contributed by atoms with Gasteiger partial charge in [0.25, 0.3) is 5.91 Å². The summed E-state index contributed by atoms with van der Waals surface area (Å²) in [5.41, 5.74) is 4.54. The van der Waals surface area contributed by atoms with Crippen LogP contribution in [0.3, 0.4) is 0 Å². The van der Waals surface area contributed by atoms with Crippen molar-refractivity contribution in [2.24, 2.45) is 0 Å². The van der Waals surface area contributed by atoms with Crippen LogP contribution < -0.4 is 10.1 Å². The maximum absolute atomic E-state index is 13.0. The molecule has 6 heteroatoms. The molecule has 2 atom stereocenters. The second-order valence-corrected chi connectivity index (χ2v) is 8.96. The first kappa shape index (κ1) is 20.5. The first-order valence-corrected chi connectivity index (χ1v) is 11.4. The lowest BCUT2D eigenvalue weighted by atomic mass is 9.98. The summed E-state index contributed by atoms with van der Waals surface area (Å²) >= 11 is 0. The summed E-state index contributed by atoms with van der Waals surface area (Å²) in [5, 5.41) is 14.0. The molecule has 3 heterocycles. The molecule has 5 rings (SSSR count). The summed E-state index contributed by atoms with van der Waals surface area (Å²) in [6.07, 6.45) is 2.49. The molecule has 1 unspecified atom stereocenters. The maximum atomic E-state index is 13.0. The maximum Gasteiger partial charge on any atom is 0.254 e. The van der Waals surface area contributed by atoms with Gasteiger partial charge in [-0.25, -0.2) is 0 Å². The Morgan fingerprint density at radius 2 is 1.90 bits per heavy atom. The van der Waals surface area contributed by atoms with Gasteiger partial charge in [0.05, 0.1) is 6.10 Å². The average Bonchev–Trinajstić information content (AvgIpc) is 3.29. The van der Waals surface area contributed by atoms with Crippen LogP contribution in [0.25, 0.3) is 0 Å². The van der Waals surface area contributed by atoms with Crippen LogP contribution in [-0.4, -0.2) is 72.3 Å². The molecule has 164 valence electrons. The third-order valence-corrected chi connectivity index (χ3v) is 6.67. The number of aliphatic hydroxyl groups is 1. The lowest BCUT2D eigenvalue weighted by molar-refractivity contribution is 0.0492. The van der Waals surface area contributed by atoms with Gasteiger partial charge in [-0.2, -0.15) is 0 Å². The lowest BCUT2D eigenvalue weighted by Gasteiger charge is -2.34. The van der Waals surface area contributed by atoms with Crippen molar-refractivity contribution in [1.82, 2.24) is 15.1 Å². The minimum atomic E-state index is -0.548. The molecule has 0 aromatic heterocycles. The summed E-state index contributed by atoms with van der Waals surface area (Å²) in [6, 6.07) is 14.3. The van der Waals surface area contributed by atoms with Crippen molar-refractivity contribution >= 4 is 5.91 Å². The van der Waals surface area contributed by atoms with Crippen molar-refractivity contribution in [2.45, 2.75) is 38.0 Å². The fourth-order valence-electron chi connectivity index (χ4n) is 5.00. The van der Waals surface area contributed by atoms with E-state index in [2.05, 4.69) is 34.5 Å². The van der Waals surface area contributed by atoms with E-state index < -0.39 is 6.10 Å². The second-order valence-electron chi connectivity index (χ2n) is 8.96. The molecule has 6 nitrogen and oxygen atoms in total. The molecule has 1 amide bonds. The number of fused-ring (bicyclic) bond motifs is 2. The predicted octanol–water partition coefficient (Wildman–Crippen LogP) is 1.84. The van der Waals surface area contributed by atoms with Crippen LogP contribution in [0.5, 0.6) is 5.75 Å². The number of hydrogen-bond acceptors (Lipinski definition) is 5. The average molecular weight is 422 g/mol. The highest BCUT2D eigenvalue weighted by Crippen LogP contribution is 2.26. The first-order valence-electron chi connectivity index (χ1n) is 11.4. The number of rotatable bonds is 6. The van der Waals surface area contributed by atoms with Crippen molar-refractivity contribution < 1.29 is 14.6 Å². The van der Waals surface area contributed by atoms with E-state index in [1.807, 2.05) is 18.2 Å². The van der Waals surface area contributed by atoms with Gasteiger partial charge in [0, 0.05) is 44.8 Å². The molecule has 0 bridgehead atoms. The fourth-order valence-corrected chi connectivity index (χ4v) is 5.00. The Bertz CT molecular complexity index is 941. The van der Waals surface area contributed by atoms with E-state index in [-0.39, 0.29) is 12.0 Å². The zero-order chi connectivity index (χ0) is 21.2. The number of hydrogen-bond donors (Lipinski definition) is 2. The van der Waals surface area contributed by atoms with Crippen molar-refractivity contribution in [3.05, 3.63) is 64.7 Å². The second kappa shape index (κ2) is 8.99. The Morgan fingerprint density at radius 3 is 2.74 bits per heavy atom. The monoisotopic (exact) mass is 421 g/mol. The number of aliphatic hydroxyl groups excluding tert-OH is 1. The largest absolute Gasteiger partial charge is 0.489 e. The summed E-state index contributed by atoms with van der Waals surface area (Å²) in [7, 11) is 0. The van der Waals surface area contributed by atoms with Gasteiger partial charge in [-0.3, -0.25) is 9.69 Å². The van der Waals surface area contributed by atoms with Crippen LogP contribution in [0.2, 0.25) is 0 Å². The van der Waals surface area contributed by atoms with Gasteiger partial charge in [-0.1, -0.05) is 24.3 Å². The SMILES string of the molecule is O=C1c2ccc(OC3CCNC3)cc2CCN1C[C@H](O)CN1CCc2ccccc2C1. The highest BCUT2D eigenvalue weighted by Gasteiger charge is 2.28. The van der Waals surface area contributed by atoms with Gasteiger partial charge in [0.1, 0.15) is 11.9 Å². The zero-order valence-electron chi connectivity index (χ0n) is 17.9. The number of nitrogens with zero attached hydrogens (tertiary/aromatic N) is 2. The molecule has 0 spiro atoms. The Kier molecular flexibility index (Phi) is 5.94. The normalized spacial score (nSPS) is 22.2.